The van der Waals surface area contributed by atoms with Gasteiger partial charge < -0.3 is 5.11 Å². The third-order valence-electron chi connectivity index (χ3n) is 6.58. The van der Waals surface area contributed by atoms with Crippen molar-refractivity contribution in [2.24, 2.45) is 11.3 Å². The fourth-order valence-electron chi connectivity index (χ4n) is 5.09. The predicted molar refractivity (Wildman–Crippen MR) is 88.7 cm³/mol. The smallest absolute Gasteiger partial charge is 0.0594 e. The van der Waals surface area contributed by atoms with Gasteiger partial charge in [-0.2, -0.15) is 0 Å². The van der Waals surface area contributed by atoms with Gasteiger partial charge in [-0.3, -0.25) is 0 Å². The van der Waals surface area contributed by atoms with Crippen molar-refractivity contribution in [1.29, 1.82) is 0 Å². The molecule has 3 atom stereocenters. The van der Waals surface area contributed by atoms with E-state index in [1.165, 1.54) is 18.4 Å². The molecule has 1 nitrogen and oxygen atoms in total. The number of hydrogen-bond donors (Lipinski definition) is 1. The van der Waals surface area contributed by atoms with Crippen molar-refractivity contribution in [1.82, 2.24) is 0 Å². The molecular weight excluding hydrogens is 256 g/mol. The summed E-state index contributed by atoms with van der Waals surface area (Å²) in [5, 5.41) is 10.5. The molecule has 1 heteroatoms. The van der Waals surface area contributed by atoms with E-state index >= 15 is 0 Å². The molecular formula is C20H30O. The second-order valence-corrected chi connectivity index (χ2v) is 8.46. The number of fused-ring (bicyclic) bond motifs is 3. The summed E-state index contributed by atoms with van der Waals surface area (Å²) in [7, 11) is 0. The number of aliphatic hydroxyl groups excluding tert-OH is 1. The summed E-state index contributed by atoms with van der Waals surface area (Å²) in [6, 6.07) is 7.17. The van der Waals surface area contributed by atoms with E-state index in [9.17, 15) is 5.11 Å². The van der Waals surface area contributed by atoms with Crippen LogP contribution in [0.5, 0.6) is 0 Å². The molecule has 0 bridgehead atoms. The van der Waals surface area contributed by atoms with Crippen LogP contribution in [0.2, 0.25) is 0 Å². The summed E-state index contributed by atoms with van der Waals surface area (Å²) < 4.78 is 0. The number of aliphatic hydroxyl groups is 1. The summed E-state index contributed by atoms with van der Waals surface area (Å²) >= 11 is 0. The molecule has 1 saturated carbocycles. The number of aryl methyl sites for hydroxylation is 1. The van der Waals surface area contributed by atoms with Crippen LogP contribution in [0.4, 0.5) is 0 Å². The SMILES string of the molecule is CC(C)c1ccc2c(c1)CC[C@H]1C(C)(C)C(O)CC[C@]21C. The van der Waals surface area contributed by atoms with Crippen molar-refractivity contribution >= 4 is 0 Å². The Hall–Kier alpha value is -0.820. The van der Waals surface area contributed by atoms with Crippen molar-refractivity contribution in [2.45, 2.75) is 77.7 Å². The lowest BCUT2D eigenvalue weighted by Crippen LogP contribution is -2.53. The summed E-state index contributed by atoms with van der Waals surface area (Å²) in [5.74, 6) is 1.19. The minimum Gasteiger partial charge on any atom is -0.393 e. The highest BCUT2D eigenvalue weighted by Gasteiger charge is 2.53. The van der Waals surface area contributed by atoms with E-state index in [0.29, 0.717) is 11.8 Å². The Balaban J connectivity index is 2.06. The van der Waals surface area contributed by atoms with Crippen LogP contribution in [0, 0.1) is 11.3 Å². The van der Waals surface area contributed by atoms with Crippen molar-refractivity contribution in [3.05, 3.63) is 34.9 Å². The topological polar surface area (TPSA) is 20.2 Å². The fraction of sp³-hybridized carbons (Fsp3) is 0.700. The molecule has 3 rings (SSSR count). The standard InChI is InChI=1S/C20H30O/c1-13(2)14-6-8-16-15(12-14)7-9-17-19(3,4)18(21)10-11-20(16,17)5/h6,8,12-13,17-18,21H,7,9-11H2,1-5H3/t17-,18?,20+/m0/s1. The maximum absolute atomic E-state index is 10.5. The molecule has 0 radical (unpaired) electrons. The lowest BCUT2D eigenvalue weighted by atomic mass is 9.49. The molecule has 1 N–H and O–H groups in total. The third kappa shape index (κ3) is 2.16. The second-order valence-electron chi connectivity index (χ2n) is 8.46. The van der Waals surface area contributed by atoms with Crippen LogP contribution in [0.15, 0.2) is 18.2 Å². The van der Waals surface area contributed by atoms with Gasteiger partial charge in [0, 0.05) is 0 Å². The van der Waals surface area contributed by atoms with E-state index in [1.807, 2.05) is 0 Å². The maximum atomic E-state index is 10.5. The van der Waals surface area contributed by atoms with Gasteiger partial charge in [0.15, 0.2) is 0 Å². The van der Waals surface area contributed by atoms with Crippen molar-refractivity contribution in [3.63, 3.8) is 0 Å². The Labute approximate surface area is 129 Å². The lowest BCUT2D eigenvalue weighted by Gasteiger charge is -2.56. The Kier molecular flexibility index (Phi) is 3.48. The van der Waals surface area contributed by atoms with Gasteiger partial charge in [0.25, 0.3) is 0 Å². The molecule has 1 aromatic carbocycles. The van der Waals surface area contributed by atoms with Crippen LogP contribution in [0.3, 0.4) is 0 Å². The van der Waals surface area contributed by atoms with Gasteiger partial charge in [-0.05, 0) is 65.0 Å². The van der Waals surface area contributed by atoms with Crippen LogP contribution >= 0.6 is 0 Å². The van der Waals surface area contributed by atoms with Crippen LogP contribution < -0.4 is 0 Å². The molecule has 1 fully saturated rings. The highest BCUT2D eigenvalue weighted by molar-refractivity contribution is 5.42. The molecule has 1 unspecified atom stereocenters. The summed E-state index contributed by atoms with van der Waals surface area (Å²) in [6.07, 6.45) is 4.30. The van der Waals surface area contributed by atoms with Crippen LogP contribution in [-0.4, -0.2) is 11.2 Å². The molecule has 116 valence electrons. The van der Waals surface area contributed by atoms with E-state index < -0.39 is 0 Å². The minimum atomic E-state index is -0.146. The van der Waals surface area contributed by atoms with Gasteiger partial charge >= 0.3 is 0 Å². The molecule has 0 aliphatic heterocycles. The van der Waals surface area contributed by atoms with E-state index in [4.69, 9.17) is 0 Å². The molecule has 0 amide bonds. The number of hydrogen-bond acceptors (Lipinski definition) is 1. The largest absolute Gasteiger partial charge is 0.393 e. The minimum absolute atomic E-state index is 0.0292. The highest BCUT2D eigenvalue weighted by Crippen LogP contribution is 2.57. The fourth-order valence-corrected chi connectivity index (χ4v) is 5.09. The van der Waals surface area contributed by atoms with Crippen molar-refractivity contribution in [2.75, 3.05) is 0 Å². The molecule has 2 aliphatic rings. The zero-order chi connectivity index (χ0) is 15.4. The van der Waals surface area contributed by atoms with E-state index in [-0.39, 0.29) is 16.9 Å². The zero-order valence-corrected chi connectivity index (χ0v) is 14.2. The zero-order valence-electron chi connectivity index (χ0n) is 14.2. The Morgan fingerprint density at radius 1 is 1.14 bits per heavy atom. The van der Waals surface area contributed by atoms with Crippen LogP contribution in [0.25, 0.3) is 0 Å². The average molecular weight is 286 g/mol. The predicted octanol–water partition coefficient (Wildman–Crippen LogP) is 4.81. The van der Waals surface area contributed by atoms with E-state index in [1.54, 1.807) is 11.1 Å². The van der Waals surface area contributed by atoms with Gasteiger partial charge in [-0.1, -0.05) is 52.8 Å². The number of benzene rings is 1. The molecule has 0 aromatic heterocycles. The maximum Gasteiger partial charge on any atom is 0.0594 e. The average Bonchev–Trinajstić information content (AvgIpc) is 2.43. The van der Waals surface area contributed by atoms with Crippen molar-refractivity contribution in [3.8, 4) is 0 Å². The normalized spacial score (nSPS) is 34.4. The summed E-state index contributed by atoms with van der Waals surface area (Å²) in [6.45, 7) is 11.5. The van der Waals surface area contributed by atoms with E-state index in [2.05, 4.69) is 52.8 Å². The summed E-state index contributed by atoms with van der Waals surface area (Å²) in [5.41, 5.74) is 4.86. The highest BCUT2D eigenvalue weighted by atomic mass is 16.3. The molecule has 0 heterocycles. The Bertz CT molecular complexity index is 543. The van der Waals surface area contributed by atoms with Gasteiger partial charge in [-0.25, -0.2) is 0 Å². The molecule has 0 saturated heterocycles. The van der Waals surface area contributed by atoms with Crippen LogP contribution in [0.1, 0.15) is 76.5 Å². The van der Waals surface area contributed by atoms with Gasteiger partial charge in [0.05, 0.1) is 6.10 Å². The summed E-state index contributed by atoms with van der Waals surface area (Å²) in [4.78, 5) is 0. The number of rotatable bonds is 1. The first-order valence-corrected chi connectivity index (χ1v) is 8.58. The molecule has 0 spiro atoms. The first kappa shape index (κ1) is 15.1. The Morgan fingerprint density at radius 2 is 1.86 bits per heavy atom. The first-order valence-electron chi connectivity index (χ1n) is 8.58. The molecule has 1 aromatic rings. The van der Waals surface area contributed by atoms with Gasteiger partial charge in [0.1, 0.15) is 0 Å². The first-order chi connectivity index (χ1) is 9.76. The molecule has 21 heavy (non-hydrogen) atoms. The Morgan fingerprint density at radius 3 is 2.52 bits per heavy atom. The van der Waals surface area contributed by atoms with E-state index in [0.717, 1.165) is 12.8 Å². The van der Waals surface area contributed by atoms with Gasteiger partial charge in [0.2, 0.25) is 0 Å². The lowest BCUT2D eigenvalue weighted by molar-refractivity contribution is -0.0730. The van der Waals surface area contributed by atoms with Crippen molar-refractivity contribution < 1.29 is 5.11 Å². The van der Waals surface area contributed by atoms with Gasteiger partial charge in [-0.15, -0.1) is 0 Å². The van der Waals surface area contributed by atoms with Crippen LogP contribution in [-0.2, 0) is 11.8 Å². The third-order valence-corrected chi connectivity index (χ3v) is 6.58. The monoisotopic (exact) mass is 286 g/mol. The second kappa shape index (κ2) is 4.84. The quantitative estimate of drug-likeness (QED) is 0.785. The molecule has 2 aliphatic carbocycles.